The number of carboxylic acids is 1. The summed E-state index contributed by atoms with van der Waals surface area (Å²) in [7, 11) is 0. The Morgan fingerprint density at radius 1 is 1.16 bits per heavy atom. The van der Waals surface area contributed by atoms with Crippen LogP contribution in [0.3, 0.4) is 0 Å². The van der Waals surface area contributed by atoms with Crippen molar-refractivity contribution in [1.29, 1.82) is 0 Å². The van der Waals surface area contributed by atoms with Gasteiger partial charge in [0.1, 0.15) is 16.4 Å². The van der Waals surface area contributed by atoms with Gasteiger partial charge in [0, 0.05) is 40.8 Å². The van der Waals surface area contributed by atoms with Gasteiger partial charge < -0.3 is 25.8 Å². The monoisotopic (exact) mass is 606 g/mol. The van der Waals surface area contributed by atoms with E-state index in [1.54, 1.807) is 29.0 Å². The molecule has 43 heavy (non-hydrogen) atoms. The van der Waals surface area contributed by atoms with Gasteiger partial charge in [-0.05, 0) is 42.0 Å². The Balaban J connectivity index is 1.96. The van der Waals surface area contributed by atoms with E-state index in [2.05, 4.69) is 15.6 Å². The van der Waals surface area contributed by atoms with E-state index in [1.807, 2.05) is 53.0 Å². The van der Waals surface area contributed by atoms with E-state index in [4.69, 9.17) is 10.7 Å². The summed E-state index contributed by atoms with van der Waals surface area (Å²) < 4.78 is 1.67. The van der Waals surface area contributed by atoms with Gasteiger partial charge in [0.25, 0.3) is 0 Å². The van der Waals surface area contributed by atoms with E-state index in [-0.39, 0.29) is 29.5 Å². The summed E-state index contributed by atoms with van der Waals surface area (Å²) in [5, 5.41) is 28.3. The number of hydrogen-bond acceptors (Lipinski definition) is 8. The molecule has 0 spiro atoms. The number of benzene rings is 1. The second kappa shape index (κ2) is 12.6. The molecular weight excluding hydrogens is 568 g/mol. The topological polar surface area (TPSA) is 172 Å². The van der Waals surface area contributed by atoms with Gasteiger partial charge >= 0.3 is 12.0 Å². The Labute approximate surface area is 253 Å². The van der Waals surface area contributed by atoms with Gasteiger partial charge in [-0.2, -0.15) is 0 Å². The zero-order chi connectivity index (χ0) is 31.6. The smallest absolute Gasteiger partial charge is 0.341 e. The number of carbonyl (C=O) groups is 2. The summed E-state index contributed by atoms with van der Waals surface area (Å²) in [4.78, 5) is 47.0. The SMILES string of the molecule is CCNC(=O)Nc1cc(-c2nc([C@H](N)C(C)C)cs2)c(-c2ccc3c(c2)c(=O)c(C(=O)O)cn3C(CO)C(C)(C)C)cn1. The molecule has 12 heteroatoms. The molecule has 0 fully saturated rings. The highest BCUT2D eigenvalue weighted by Crippen LogP contribution is 2.38. The molecule has 3 aromatic heterocycles. The van der Waals surface area contributed by atoms with Crippen molar-refractivity contribution < 1.29 is 19.8 Å². The highest BCUT2D eigenvalue weighted by molar-refractivity contribution is 7.13. The van der Waals surface area contributed by atoms with Crippen molar-refractivity contribution in [3.8, 4) is 21.7 Å². The van der Waals surface area contributed by atoms with Crippen LogP contribution in [0.25, 0.3) is 32.6 Å². The number of carbonyl (C=O) groups excluding carboxylic acids is 1. The third kappa shape index (κ3) is 6.61. The average molecular weight is 607 g/mol. The molecule has 1 aromatic carbocycles. The van der Waals surface area contributed by atoms with Crippen molar-refractivity contribution in [2.75, 3.05) is 18.5 Å². The first-order valence-corrected chi connectivity index (χ1v) is 14.9. The number of carboxylic acid groups (broad SMARTS) is 1. The summed E-state index contributed by atoms with van der Waals surface area (Å²) in [6.45, 7) is 11.9. The molecule has 0 saturated heterocycles. The van der Waals surface area contributed by atoms with Crippen LogP contribution < -0.4 is 21.8 Å². The largest absolute Gasteiger partial charge is 0.477 e. The third-order valence-electron chi connectivity index (χ3n) is 7.38. The molecule has 0 aliphatic heterocycles. The molecule has 0 radical (unpaired) electrons. The van der Waals surface area contributed by atoms with Crippen LogP contribution in [0.4, 0.5) is 10.6 Å². The van der Waals surface area contributed by atoms with Crippen LogP contribution >= 0.6 is 11.3 Å². The summed E-state index contributed by atoms with van der Waals surface area (Å²) >= 11 is 1.40. The maximum atomic E-state index is 13.4. The number of aliphatic hydroxyl groups is 1. The maximum Gasteiger partial charge on any atom is 0.341 e. The molecule has 2 amide bonds. The van der Waals surface area contributed by atoms with Crippen molar-refractivity contribution in [3.63, 3.8) is 0 Å². The Morgan fingerprint density at radius 3 is 2.49 bits per heavy atom. The quantitative estimate of drug-likeness (QED) is 0.172. The van der Waals surface area contributed by atoms with Gasteiger partial charge in [-0.25, -0.2) is 19.6 Å². The molecule has 11 nitrogen and oxygen atoms in total. The number of thiazole rings is 1. The van der Waals surface area contributed by atoms with E-state index in [0.717, 1.165) is 5.69 Å². The fourth-order valence-corrected chi connectivity index (χ4v) is 5.76. The zero-order valence-corrected chi connectivity index (χ0v) is 26.0. The van der Waals surface area contributed by atoms with Gasteiger partial charge in [0.15, 0.2) is 0 Å². The summed E-state index contributed by atoms with van der Waals surface area (Å²) in [5.74, 6) is -0.873. The van der Waals surface area contributed by atoms with Gasteiger partial charge in [-0.15, -0.1) is 11.3 Å². The summed E-state index contributed by atoms with van der Waals surface area (Å²) in [6.07, 6.45) is 2.90. The first-order chi connectivity index (χ1) is 20.3. The number of aromatic carboxylic acids is 1. The number of urea groups is 1. The molecule has 3 heterocycles. The number of hydrogen-bond donors (Lipinski definition) is 5. The summed E-state index contributed by atoms with van der Waals surface area (Å²) in [6, 6.07) is 5.77. The minimum Gasteiger partial charge on any atom is -0.477 e. The minimum absolute atomic E-state index is 0.170. The average Bonchev–Trinajstić information content (AvgIpc) is 3.43. The van der Waals surface area contributed by atoms with Crippen molar-refractivity contribution in [3.05, 3.63) is 63.5 Å². The maximum absolute atomic E-state index is 13.4. The predicted molar refractivity (Wildman–Crippen MR) is 170 cm³/mol. The van der Waals surface area contributed by atoms with Crippen LogP contribution in [-0.4, -0.2) is 49.9 Å². The lowest BCUT2D eigenvalue weighted by Gasteiger charge is -2.32. The Bertz CT molecular complexity index is 1720. The molecule has 228 valence electrons. The molecule has 4 aromatic rings. The fourth-order valence-electron chi connectivity index (χ4n) is 4.87. The van der Waals surface area contributed by atoms with Crippen LogP contribution in [-0.2, 0) is 0 Å². The molecule has 6 N–H and O–H groups in total. The standard InChI is InChI=1S/C31H38N6O5S/c1-7-33-30(42)36-25-11-18(28-35-22(15-43-28)26(32)16(2)3)20(12-34-25)17-8-9-23-19(10-17)27(39)21(29(40)41)13-37(23)24(14-38)31(4,5)6/h8-13,15-16,24,26,38H,7,14,32H2,1-6H3,(H,40,41)(H2,33,34,36,42)/t24?,26-/m1/s1. The highest BCUT2D eigenvalue weighted by Gasteiger charge is 2.28. The molecule has 0 aliphatic carbocycles. The number of nitrogens with one attached hydrogen (secondary N) is 2. The van der Waals surface area contributed by atoms with Gasteiger partial charge in [0.05, 0.1) is 29.9 Å². The Morgan fingerprint density at radius 2 is 1.88 bits per heavy atom. The van der Waals surface area contributed by atoms with Crippen LogP contribution in [0.2, 0.25) is 0 Å². The number of aliphatic hydroxyl groups excluding tert-OH is 1. The number of nitrogens with two attached hydrogens (primary N) is 1. The van der Waals surface area contributed by atoms with E-state index in [0.29, 0.717) is 39.6 Å². The number of amides is 2. The van der Waals surface area contributed by atoms with Crippen LogP contribution in [0.5, 0.6) is 0 Å². The lowest BCUT2D eigenvalue weighted by Crippen LogP contribution is -2.30. The molecular formula is C31H38N6O5S. The van der Waals surface area contributed by atoms with E-state index >= 15 is 0 Å². The van der Waals surface area contributed by atoms with Gasteiger partial charge in [-0.1, -0.05) is 40.7 Å². The molecule has 4 rings (SSSR count). The van der Waals surface area contributed by atoms with Crippen molar-refractivity contribution >= 4 is 40.1 Å². The van der Waals surface area contributed by atoms with E-state index in [9.17, 15) is 24.6 Å². The van der Waals surface area contributed by atoms with Crippen LogP contribution in [0.1, 0.15) is 69.7 Å². The number of nitrogens with zero attached hydrogens (tertiary/aromatic N) is 3. The van der Waals surface area contributed by atoms with Gasteiger partial charge in [-0.3, -0.25) is 10.1 Å². The number of pyridine rings is 2. The lowest BCUT2D eigenvalue weighted by atomic mass is 9.86. The number of fused-ring (bicyclic) bond motifs is 1. The van der Waals surface area contributed by atoms with E-state index in [1.165, 1.54) is 17.5 Å². The first-order valence-electron chi connectivity index (χ1n) is 14.1. The number of anilines is 1. The van der Waals surface area contributed by atoms with Crippen LogP contribution in [0, 0.1) is 11.3 Å². The Hall–Kier alpha value is -4.13. The van der Waals surface area contributed by atoms with Gasteiger partial charge in [0.2, 0.25) is 5.43 Å². The molecule has 2 atom stereocenters. The molecule has 0 saturated carbocycles. The van der Waals surface area contributed by atoms with Crippen molar-refractivity contribution in [1.82, 2.24) is 19.9 Å². The summed E-state index contributed by atoms with van der Waals surface area (Å²) in [5.41, 5.74) is 8.04. The number of rotatable bonds is 9. The van der Waals surface area contributed by atoms with Crippen molar-refractivity contribution in [2.24, 2.45) is 17.1 Å². The third-order valence-corrected chi connectivity index (χ3v) is 8.27. The molecule has 1 unspecified atom stereocenters. The number of aromatic nitrogens is 3. The molecule has 0 bridgehead atoms. The fraction of sp³-hybridized carbons (Fsp3) is 0.387. The highest BCUT2D eigenvalue weighted by atomic mass is 32.1. The second-order valence-corrected chi connectivity index (χ2v) is 12.7. The van der Waals surface area contributed by atoms with Crippen LogP contribution in [0.15, 0.2) is 46.8 Å². The lowest BCUT2D eigenvalue weighted by molar-refractivity contribution is 0.0692. The molecule has 0 aliphatic rings. The van der Waals surface area contributed by atoms with E-state index < -0.39 is 28.9 Å². The Kier molecular flexibility index (Phi) is 9.33. The first kappa shape index (κ1) is 31.8. The minimum atomic E-state index is -1.35. The second-order valence-electron chi connectivity index (χ2n) is 11.8. The predicted octanol–water partition coefficient (Wildman–Crippen LogP) is 5.26. The normalized spacial score (nSPS) is 13.2. The zero-order valence-electron chi connectivity index (χ0n) is 25.1. The van der Waals surface area contributed by atoms with Crippen molar-refractivity contribution in [2.45, 2.75) is 53.6 Å².